The molecular weight excluding hydrogens is 226 g/mol. The van der Waals surface area contributed by atoms with Crippen molar-refractivity contribution in [1.82, 2.24) is 9.97 Å². The van der Waals surface area contributed by atoms with Crippen LogP contribution in [0.2, 0.25) is 0 Å². The zero-order valence-corrected chi connectivity index (χ0v) is 12.0. The Kier molecular flexibility index (Phi) is 3.46. The number of nitrogens with zero attached hydrogens (tertiary/aromatic N) is 2. The van der Waals surface area contributed by atoms with E-state index in [0.29, 0.717) is 0 Å². The van der Waals surface area contributed by atoms with Crippen LogP contribution in [0.4, 0.5) is 5.82 Å². The van der Waals surface area contributed by atoms with Crippen LogP contribution in [0.3, 0.4) is 0 Å². The van der Waals surface area contributed by atoms with E-state index in [9.17, 15) is 0 Å². The minimum absolute atomic E-state index is 0.0724. The van der Waals surface area contributed by atoms with Crippen molar-refractivity contribution in [2.45, 2.75) is 46.0 Å². The lowest BCUT2D eigenvalue weighted by molar-refractivity contribution is 0.283. The van der Waals surface area contributed by atoms with E-state index in [1.165, 1.54) is 12.8 Å². The van der Waals surface area contributed by atoms with Crippen molar-refractivity contribution in [2.75, 3.05) is 19.0 Å². The van der Waals surface area contributed by atoms with Gasteiger partial charge in [0.2, 0.25) is 5.88 Å². The molecule has 0 atom stereocenters. The van der Waals surface area contributed by atoms with E-state index >= 15 is 0 Å². The van der Waals surface area contributed by atoms with Gasteiger partial charge in [-0.25, -0.2) is 4.98 Å². The highest BCUT2D eigenvalue weighted by Gasteiger charge is 2.25. The van der Waals surface area contributed by atoms with Gasteiger partial charge in [-0.3, -0.25) is 0 Å². The SMILES string of the molecule is CNc1nc(C(C)(C)C)nc(OCC2CC2)c1C. The first-order chi connectivity index (χ1) is 8.41. The molecule has 1 aromatic heterocycles. The summed E-state index contributed by atoms with van der Waals surface area (Å²) in [6, 6.07) is 0. The molecule has 1 aliphatic rings. The van der Waals surface area contributed by atoms with E-state index in [1.807, 2.05) is 14.0 Å². The minimum Gasteiger partial charge on any atom is -0.477 e. The summed E-state index contributed by atoms with van der Waals surface area (Å²) in [5.41, 5.74) is 0.919. The molecule has 4 nitrogen and oxygen atoms in total. The third-order valence-electron chi connectivity index (χ3n) is 3.16. The Morgan fingerprint density at radius 2 is 1.94 bits per heavy atom. The van der Waals surface area contributed by atoms with Crippen molar-refractivity contribution in [1.29, 1.82) is 0 Å². The minimum atomic E-state index is -0.0724. The van der Waals surface area contributed by atoms with Crippen LogP contribution >= 0.6 is 0 Å². The Labute approximate surface area is 109 Å². The largest absolute Gasteiger partial charge is 0.477 e. The second-order valence-electron chi connectivity index (χ2n) is 6.08. The highest BCUT2D eigenvalue weighted by atomic mass is 16.5. The fraction of sp³-hybridized carbons (Fsp3) is 0.714. The standard InChI is InChI=1S/C14H23N3O/c1-9-11(15-5)16-13(14(2,3)4)17-12(9)18-8-10-6-7-10/h10H,6-8H2,1-5H3,(H,15,16,17). The molecule has 0 saturated heterocycles. The number of aromatic nitrogens is 2. The van der Waals surface area contributed by atoms with Crippen molar-refractivity contribution < 1.29 is 4.74 Å². The van der Waals surface area contributed by atoms with Gasteiger partial charge in [0.1, 0.15) is 11.6 Å². The van der Waals surface area contributed by atoms with Crippen molar-refractivity contribution in [3.8, 4) is 5.88 Å². The Bertz CT molecular complexity index is 433. The van der Waals surface area contributed by atoms with Crippen LogP contribution in [0.5, 0.6) is 5.88 Å². The predicted octanol–water partition coefficient (Wildman–Crippen LogP) is 2.91. The van der Waals surface area contributed by atoms with Gasteiger partial charge in [0, 0.05) is 12.5 Å². The lowest BCUT2D eigenvalue weighted by atomic mass is 9.95. The molecule has 1 aromatic rings. The third kappa shape index (κ3) is 2.92. The number of nitrogens with one attached hydrogen (secondary N) is 1. The van der Waals surface area contributed by atoms with E-state index in [1.54, 1.807) is 0 Å². The molecule has 0 unspecified atom stereocenters. The van der Waals surface area contributed by atoms with E-state index in [4.69, 9.17) is 4.74 Å². The van der Waals surface area contributed by atoms with Crippen molar-refractivity contribution in [3.63, 3.8) is 0 Å². The van der Waals surface area contributed by atoms with Gasteiger partial charge in [0.15, 0.2) is 0 Å². The van der Waals surface area contributed by atoms with Crippen molar-refractivity contribution in [3.05, 3.63) is 11.4 Å². The van der Waals surface area contributed by atoms with Crippen molar-refractivity contribution in [2.24, 2.45) is 5.92 Å². The van der Waals surface area contributed by atoms with Crippen LogP contribution in [0.1, 0.15) is 45.0 Å². The van der Waals surface area contributed by atoms with Crippen molar-refractivity contribution >= 4 is 5.82 Å². The number of hydrogen-bond acceptors (Lipinski definition) is 4. The molecular formula is C14H23N3O. The average molecular weight is 249 g/mol. The smallest absolute Gasteiger partial charge is 0.221 e. The molecule has 4 heteroatoms. The number of ether oxygens (including phenoxy) is 1. The summed E-state index contributed by atoms with van der Waals surface area (Å²) in [4.78, 5) is 9.14. The maximum Gasteiger partial charge on any atom is 0.221 e. The molecule has 0 bridgehead atoms. The predicted molar refractivity (Wildman–Crippen MR) is 73.2 cm³/mol. The summed E-state index contributed by atoms with van der Waals surface area (Å²) in [6.45, 7) is 9.12. The number of anilines is 1. The van der Waals surface area contributed by atoms with Gasteiger partial charge in [0.05, 0.1) is 12.2 Å². The highest BCUT2D eigenvalue weighted by molar-refractivity contribution is 5.48. The van der Waals surface area contributed by atoms with Crippen LogP contribution in [0.25, 0.3) is 0 Å². The van der Waals surface area contributed by atoms with Crippen LogP contribution in [-0.4, -0.2) is 23.6 Å². The summed E-state index contributed by atoms with van der Waals surface area (Å²) < 4.78 is 5.85. The first-order valence-electron chi connectivity index (χ1n) is 6.61. The molecule has 1 aliphatic carbocycles. The second-order valence-corrected chi connectivity index (χ2v) is 6.08. The summed E-state index contributed by atoms with van der Waals surface area (Å²) in [5, 5.41) is 3.12. The van der Waals surface area contributed by atoms with Gasteiger partial charge in [-0.2, -0.15) is 4.98 Å². The number of rotatable bonds is 4. The zero-order valence-electron chi connectivity index (χ0n) is 12.0. The Hall–Kier alpha value is -1.32. The maximum absolute atomic E-state index is 5.85. The van der Waals surface area contributed by atoms with Gasteiger partial charge in [-0.1, -0.05) is 20.8 Å². The lowest BCUT2D eigenvalue weighted by Gasteiger charge is -2.20. The van der Waals surface area contributed by atoms with Gasteiger partial charge in [-0.05, 0) is 25.7 Å². The molecule has 1 heterocycles. The molecule has 1 fully saturated rings. The molecule has 18 heavy (non-hydrogen) atoms. The molecule has 0 spiro atoms. The maximum atomic E-state index is 5.85. The first-order valence-corrected chi connectivity index (χ1v) is 6.61. The zero-order chi connectivity index (χ0) is 13.3. The van der Waals surface area contributed by atoms with Crippen LogP contribution in [-0.2, 0) is 5.41 Å². The van der Waals surface area contributed by atoms with Crippen LogP contribution in [0, 0.1) is 12.8 Å². The summed E-state index contributed by atoms with van der Waals surface area (Å²) >= 11 is 0. The van der Waals surface area contributed by atoms with Crippen LogP contribution < -0.4 is 10.1 Å². The van der Waals surface area contributed by atoms with E-state index in [2.05, 4.69) is 36.1 Å². The normalized spacial score (nSPS) is 15.6. The van der Waals surface area contributed by atoms with Gasteiger partial charge in [0.25, 0.3) is 0 Å². The average Bonchev–Trinajstić information content (AvgIpc) is 3.10. The first kappa shape index (κ1) is 13.1. The monoisotopic (exact) mass is 249 g/mol. The Morgan fingerprint density at radius 3 is 2.44 bits per heavy atom. The highest BCUT2D eigenvalue weighted by Crippen LogP contribution is 2.32. The molecule has 1 saturated carbocycles. The van der Waals surface area contributed by atoms with Gasteiger partial charge < -0.3 is 10.1 Å². The summed E-state index contributed by atoms with van der Waals surface area (Å²) in [6.07, 6.45) is 2.57. The lowest BCUT2D eigenvalue weighted by Crippen LogP contribution is -2.19. The fourth-order valence-electron chi connectivity index (χ4n) is 1.70. The van der Waals surface area contributed by atoms with Gasteiger partial charge >= 0.3 is 0 Å². The third-order valence-corrected chi connectivity index (χ3v) is 3.16. The molecule has 0 aliphatic heterocycles. The molecule has 100 valence electrons. The van der Waals surface area contributed by atoms with Crippen LogP contribution in [0.15, 0.2) is 0 Å². The van der Waals surface area contributed by atoms with Gasteiger partial charge in [-0.15, -0.1) is 0 Å². The topological polar surface area (TPSA) is 47.0 Å². The summed E-state index contributed by atoms with van der Waals surface area (Å²) in [7, 11) is 1.88. The fourth-order valence-corrected chi connectivity index (χ4v) is 1.70. The molecule has 0 amide bonds. The molecule has 0 aromatic carbocycles. The summed E-state index contributed by atoms with van der Waals surface area (Å²) in [5.74, 6) is 3.14. The molecule has 1 N–H and O–H groups in total. The van der Waals surface area contributed by atoms with E-state index in [-0.39, 0.29) is 5.41 Å². The Morgan fingerprint density at radius 1 is 1.28 bits per heavy atom. The quantitative estimate of drug-likeness (QED) is 0.891. The second kappa shape index (κ2) is 4.75. The Balaban J connectivity index is 2.29. The molecule has 0 radical (unpaired) electrons. The number of hydrogen-bond donors (Lipinski definition) is 1. The van der Waals surface area contributed by atoms with E-state index in [0.717, 1.165) is 35.6 Å². The molecule has 2 rings (SSSR count). The van der Waals surface area contributed by atoms with E-state index < -0.39 is 0 Å².